The molecule has 0 bridgehead atoms. The standard InChI is InChI=1S/C20H20N4O2/c1-13-5-4-6-14(18(13)25)11-24-10-8-15-17(12-24)22-19(23-20(15)26)16-7-2-3-9-21-16/h2-7,9,25H,8,10-12H2,1H3,(H,22,23,26). The number of hydrogen-bond acceptors (Lipinski definition) is 5. The molecule has 4 rings (SSSR count). The summed E-state index contributed by atoms with van der Waals surface area (Å²) in [6, 6.07) is 11.3. The topological polar surface area (TPSA) is 82.1 Å². The van der Waals surface area contributed by atoms with Gasteiger partial charge in [0.05, 0.1) is 5.69 Å². The maximum absolute atomic E-state index is 12.4. The lowest BCUT2D eigenvalue weighted by Crippen LogP contribution is -2.35. The summed E-state index contributed by atoms with van der Waals surface area (Å²) in [4.78, 5) is 26.4. The van der Waals surface area contributed by atoms with Gasteiger partial charge in [-0.05, 0) is 31.0 Å². The average Bonchev–Trinajstić information content (AvgIpc) is 2.66. The molecule has 6 heteroatoms. The van der Waals surface area contributed by atoms with Crippen molar-refractivity contribution >= 4 is 0 Å². The fraction of sp³-hybridized carbons (Fsp3) is 0.250. The van der Waals surface area contributed by atoms with Crippen LogP contribution in [0.2, 0.25) is 0 Å². The Labute approximate surface area is 151 Å². The number of aromatic hydroxyl groups is 1. The van der Waals surface area contributed by atoms with E-state index in [1.54, 1.807) is 6.20 Å². The van der Waals surface area contributed by atoms with E-state index in [1.807, 2.05) is 43.3 Å². The average molecular weight is 348 g/mol. The maximum atomic E-state index is 12.4. The molecule has 3 heterocycles. The summed E-state index contributed by atoms with van der Waals surface area (Å²) in [6.45, 7) is 3.85. The van der Waals surface area contributed by atoms with Gasteiger partial charge in [0.2, 0.25) is 0 Å². The van der Waals surface area contributed by atoms with Crippen LogP contribution in [0, 0.1) is 6.92 Å². The molecular weight excluding hydrogens is 328 g/mol. The van der Waals surface area contributed by atoms with Gasteiger partial charge in [-0.15, -0.1) is 0 Å². The van der Waals surface area contributed by atoms with Crippen LogP contribution in [0.15, 0.2) is 47.4 Å². The van der Waals surface area contributed by atoms with Gasteiger partial charge in [-0.25, -0.2) is 4.98 Å². The van der Waals surface area contributed by atoms with E-state index in [0.29, 0.717) is 36.8 Å². The van der Waals surface area contributed by atoms with Gasteiger partial charge in [-0.3, -0.25) is 14.7 Å². The van der Waals surface area contributed by atoms with Crippen LogP contribution >= 0.6 is 0 Å². The molecule has 2 aromatic heterocycles. The molecule has 0 saturated heterocycles. The van der Waals surface area contributed by atoms with Crippen LogP contribution in [-0.2, 0) is 19.5 Å². The van der Waals surface area contributed by atoms with Crippen molar-refractivity contribution in [3.63, 3.8) is 0 Å². The van der Waals surface area contributed by atoms with Gasteiger partial charge < -0.3 is 10.1 Å². The van der Waals surface area contributed by atoms with Crippen molar-refractivity contribution in [3.8, 4) is 17.3 Å². The SMILES string of the molecule is Cc1cccc(CN2CCc3c(nc(-c4ccccn4)[nH]c3=O)C2)c1O. The van der Waals surface area contributed by atoms with Gasteiger partial charge in [0.15, 0.2) is 5.82 Å². The summed E-state index contributed by atoms with van der Waals surface area (Å²) in [5.74, 6) is 0.834. The number of phenols is 1. The molecule has 2 N–H and O–H groups in total. The lowest BCUT2D eigenvalue weighted by Gasteiger charge is -2.28. The van der Waals surface area contributed by atoms with Crippen LogP contribution in [0.25, 0.3) is 11.5 Å². The van der Waals surface area contributed by atoms with Crippen molar-refractivity contribution in [1.29, 1.82) is 0 Å². The normalized spacial score (nSPS) is 14.2. The molecule has 6 nitrogen and oxygen atoms in total. The summed E-state index contributed by atoms with van der Waals surface area (Å²) >= 11 is 0. The Morgan fingerprint density at radius 3 is 2.92 bits per heavy atom. The lowest BCUT2D eigenvalue weighted by molar-refractivity contribution is 0.237. The molecule has 0 fully saturated rings. The highest BCUT2D eigenvalue weighted by molar-refractivity contribution is 5.49. The van der Waals surface area contributed by atoms with E-state index in [0.717, 1.165) is 28.9 Å². The van der Waals surface area contributed by atoms with Crippen LogP contribution in [0.4, 0.5) is 0 Å². The second-order valence-electron chi connectivity index (χ2n) is 6.60. The number of aromatic amines is 1. The fourth-order valence-electron chi connectivity index (χ4n) is 3.34. The first-order chi connectivity index (χ1) is 12.6. The molecule has 0 aliphatic carbocycles. The second-order valence-corrected chi connectivity index (χ2v) is 6.60. The molecule has 1 aliphatic heterocycles. The van der Waals surface area contributed by atoms with Gasteiger partial charge in [0.25, 0.3) is 5.56 Å². The van der Waals surface area contributed by atoms with Crippen LogP contribution in [0.5, 0.6) is 5.75 Å². The van der Waals surface area contributed by atoms with Crippen LogP contribution in [-0.4, -0.2) is 31.5 Å². The van der Waals surface area contributed by atoms with E-state index >= 15 is 0 Å². The van der Waals surface area contributed by atoms with E-state index in [9.17, 15) is 9.90 Å². The number of pyridine rings is 1. The summed E-state index contributed by atoms with van der Waals surface area (Å²) in [7, 11) is 0. The molecule has 0 atom stereocenters. The van der Waals surface area contributed by atoms with E-state index < -0.39 is 0 Å². The first kappa shape index (κ1) is 16.5. The number of nitrogens with one attached hydrogen (secondary N) is 1. The van der Waals surface area contributed by atoms with Crippen molar-refractivity contribution in [3.05, 3.63) is 75.3 Å². The zero-order valence-corrected chi connectivity index (χ0v) is 14.6. The zero-order chi connectivity index (χ0) is 18.1. The predicted octanol–water partition coefficient (Wildman–Crippen LogP) is 2.40. The Morgan fingerprint density at radius 1 is 1.23 bits per heavy atom. The number of aryl methyl sites for hydroxylation is 1. The lowest BCUT2D eigenvalue weighted by atomic mass is 10.0. The second kappa shape index (κ2) is 6.72. The largest absolute Gasteiger partial charge is 0.507 e. The number of H-pyrrole nitrogens is 1. The van der Waals surface area contributed by atoms with Crippen molar-refractivity contribution in [2.45, 2.75) is 26.4 Å². The quantitative estimate of drug-likeness (QED) is 0.759. The van der Waals surface area contributed by atoms with Gasteiger partial charge >= 0.3 is 0 Å². The third-order valence-electron chi connectivity index (χ3n) is 4.78. The van der Waals surface area contributed by atoms with Gasteiger partial charge in [-0.1, -0.05) is 24.3 Å². The molecule has 0 amide bonds. The summed E-state index contributed by atoms with van der Waals surface area (Å²) in [5.41, 5.74) is 3.85. The molecule has 1 aromatic carbocycles. The Kier molecular flexibility index (Phi) is 4.26. The smallest absolute Gasteiger partial charge is 0.254 e. The predicted molar refractivity (Wildman–Crippen MR) is 98.8 cm³/mol. The van der Waals surface area contributed by atoms with E-state index in [-0.39, 0.29) is 5.56 Å². The molecule has 3 aromatic rings. The van der Waals surface area contributed by atoms with Crippen LogP contribution in [0.3, 0.4) is 0 Å². The summed E-state index contributed by atoms with van der Waals surface area (Å²) in [5, 5.41) is 10.3. The van der Waals surface area contributed by atoms with E-state index in [1.165, 1.54) is 0 Å². The highest BCUT2D eigenvalue weighted by atomic mass is 16.3. The van der Waals surface area contributed by atoms with Crippen molar-refractivity contribution in [2.75, 3.05) is 6.54 Å². The van der Waals surface area contributed by atoms with Crippen molar-refractivity contribution in [2.24, 2.45) is 0 Å². The van der Waals surface area contributed by atoms with E-state index in [2.05, 4.69) is 19.9 Å². The third-order valence-corrected chi connectivity index (χ3v) is 4.78. The Balaban J connectivity index is 1.63. The number of nitrogens with zero attached hydrogens (tertiary/aromatic N) is 3. The Morgan fingerprint density at radius 2 is 2.12 bits per heavy atom. The number of fused-ring (bicyclic) bond motifs is 1. The molecule has 1 aliphatic rings. The number of rotatable bonds is 3. The highest BCUT2D eigenvalue weighted by Crippen LogP contribution is 2.25. The molecule has 0 unspecified atom stereocenters. The zero-order valence-electron chi connectivity index (χ0n) is 14.6. The summed E-state index contributed by atoms with van der Waals surface area (Å²) < 4.78 is 0. The third kappa shape index (κ3) is 3.11. The first-order valence-corrected chi connectivity index (χ1v) is 8.65. The number of phenolic OH excluding ortho intramolecular Hbond substituents is 1. The number of para-hydroxylation sites is 1. The molecular formula is C20H20N4O2. The fourth-order valence-corrected chi connectivity index (χ4v) is 3.34. The van der Waals surface area contributed by atoms with Crippen molar-refractivity contribution in [1.82, 2.24) is 19.9 Å². The summed E-state index contributed by atoms with van der Waals surface area (Å²) in [6.07, 6.45) is 2.33. The van der Waals surface area contributed by atoms with Gasteiger partial charge in [0.1, 0.15) is 11.4 Å². The molecule has 0 spiro atoms. The molecule has 0 radical (unpaired) electrons. The number of benzene rings is 1. The van der Waals surface area contributed by atoms with Crippen molar-refractivity contribution < 1.29 is 5.11 Å². The minimum atomic E-state index is -0.0892. The number of aromatic nitrogens is 3. The molecule has 26 heavy (non-hydrogen) atoms. The number of hydrogen-bond donors (Lipinski definition) is 2. The molecule has 0 saturated carbocycles. The Bertz CT molecular complexity index is 998. The minimum Gasteiger partial charge on any atom is -0.507 e. The van der Waals surface area contributed by atoms with Gasteiger partial charge in [0, 0.05) is 37.0 Å². The van der Waals surface area contributed by atoms with Crippen LogP contribution in [0.1, 0.15) is 22.4 Å². The Hall–Kier alpha value is -2.99. The highest BCUT2D eigenvalue weighted by Gasteiger charge is 2.22. The van der Waals surface area contributed by atoms with E-state index in [4.69, 9.17) is 0 Å². The monoisotopic (exact) mass is 348 g/mol. The van der Waals surface area contributed by atoms with Gasteiger partial charge in [-0.2, -0.15) is 0 Å². The first-order valence-electron chi connectivity index (χ1n) is 8.65. The maximum Gasteiger partial charge on any atom is 0.254 e. The minimum absolute atomic E-state index is 0.0892. The van der Waals surface area contributed by atoms with Crippen LogP contribution < -0.4 is 5.56 Å². The molecule has 132 valence electrons.